The van der Waals surface area contributed by atoms with Gasteiger partial charge in [-0.05, 0) is 62.2 Å². The molecule has 0 radical (unpaired) electrons. The van der Waals surface area contributed by atoms with Crippen LogP contribution in [0.15, 0.2) is 169 Å². The zero-order valence-electron chi connectivity index (χ0n) is 25.8. The van der Waals surface area contributed by atoms with E-state index < -0.39 is 0 Å². The molecule has 1 aliphatic heterocycles. The third-order valence-electron chi connectivity index (χ3n) is 8.56. The highest BCUT2D eigenvalue weighted by atomic mass is 15.3. The van der Waals surface area contributed by atoms with Gasteiger partial charge < -0.3 is 11.1 Å². The van der Waals surface area contributed by atoms with Crippen LogP contribution >= 0.6 is 0 Å². The molecule has 0 spiro atoms. The van der Waals surface area contributed by atoms with Crippen molar-refractivity contribution in [3.63, 3.8) is 0 Å². The average Bonchev–Trinajstić information content (AvgIpc) is 3.14. The standard InChI is InChI=1S/C42H36N4/c1-2-11-35(28-43)29-20-22-30(23-21-29)36-16-9-19-39-37(17-10-18-38(36)39)31-24-26-34(27-25-31)42-45-40(32-12-5-3-6-13-32)44-41(46-42)33-14-7-4-8-15-33/h2-28,40,42,45H,43H2,1H3,(H,44,46)/b11-2-,35-28+. The van der Waals surface area contributed by atoms with Crippen LogP contribution in [0.5, 0.6) is 0 Å². The van der Waals surface area contributed by atoms with Gasteiger partial charge in [-0.2, -0.15) is 0 Å². The lowest BCUT2D eigenvalue weighted by Crippen LogP contribution is -2.44. The van der Waals surface area contributed by atoms with Gasteiger partial charge in [-0.3, -0.25) is 5.32 Å². The molecule has 0 bridgehead atoms. The Kier molecular flexibility index (Phi) is 8.27. The van der Waals surface area contributed by atoms with Crippen LogP contribution in [0.1, 0.15) is 41.5 Å². The molecule has 4 nitrogen and oxygen atoms in total. The molecule has 0 saturated carbocycles. The molecule has 4 heteroatoms. The van der Waals surface area contributed by atoms with Gasteiger partial charge in [0.1, 0.15) is 18.2 Å². The summed E-state index contributed by atoms with van der Waals surface area (Å²) in [5, 5.41) is 9.81. The first-order valence-electron chi connectivity index (χ1n) is 15.7. The Morgan fingerprint density at radius 1 is 0.609 bits per heavy atom. The molecular formula is C42H36N4. The smallest absolute Gasteiger partial charge is 0.131 e. The second kappa shape index (κ2) is 13.1. The molecule has 224 valence electrons. The number of benzene rings is 6. The number of allylic oxidation sites excluding steroid dienone is 3. The Bertz CT molecular complexity index is 2040. The fraction of sp³-hybridized carbons (Fsp3) is 0.0714. The van der Waals surface area contributed by atoms with Gasteiger partial charge in [-0.15, -0.1) is 0 Å². The molecule has 6 aromatic carbocycles. The largest absolute Gasteiger partial charge is 0.404 e. The van der Waals surface area contributed by atoms with E-state index in [0.717, 1.165) is 33.7 Å². The molecule has 7 rings (SSSR count). The second-order valence-electron chi connectivity index (χ2n) is 11.4. The van der Waals surface area contributed by atoms with E-state index in [-0.39, 0.29) is 12.3 Å². The normalized spacial score (nSPS) is 16.7. The summed E-state index contributed by atoms with van der Waals surface area (Å²) in [6.45, 7) is 2.00. The first kappa shape index (κ1) is 29.0. The van der Waals surface area contributed by atoms with E-state index in [0.29, 0.717) is 0 Å². The molecule has 2 unspecified atom stereocenters. The first-order valence-corrected chi connectivity index (χ1v) is 15.7. The van der Waals surface area contributed by atoms with Crippen molar-refractivity contribution in [1.82, 2.24) is 10.6 Å². The Hall–Kier alpha value is -5.71. The minimum atomic E-state index is -0.158. The van der Waals surface area contributed by atoms with Crippen LogP contribution in [-0.4, -0.2) is 5.84 Å². The topological polar surface area (TPSA) is 62.4 Å². The molecule has 0 aromatic heterocycles. The monoisotopic (exact) mass is 596 g/mol. The lowest BCUT2D eigenvalue weighted by Gasteiger charge is -2.32. The van der Waals surface area contributed by atoms with E-state index in [1.807, 2.05) is 43.3 Å². The van der Waals surface area contributed by atoms with Crippen LogP contribution in [0, 0.1) is 0 Å². The fourth-order valence-electron chi connectivity index (χ4n) is 6.22. The van der Waals surface area contributed by atoms with Crippen molar-refractivity contribution in [3.8, 4) is 22.3 Å². The summed E-state index contributed by atoms with van der Waals surface area (Å²) in [4.78, 5) is 5.04. The summed E-state index contributed by atoms with van der Waals surface area (Å²) in [5.74, 6) is 0.883. The molecule has 1 heterocycles. The van der Waals surface area contributed by atoms with Crippen molar-refractivity contribution in [1.29, 1.82) is 0 Å². The van der Waals surface area contributed by atoms with Gasteiger partial charge >= 0.3 is 0 Å². The number of aliphatic imine (C=N–C) groups is 1. The second-order valence-corrected chi connectivity index (χ2v) is 11.4. The number of nitrogens with one attached hydrogen (secondary N) is 2. The van der Waals surface area contributed by atoms with Gasteiger partial charge in [-0.25, -0.2) is 4.99 Å². The summed E-state index contributed by atoms with van der Waals surface area (Å²) >= 11 is 0. The van der Waals surface area contributed by atoms with Gasteiger partial charge in [0.15, 0.2) is 0 Å². The number of nitrogens with zero attached hydrogens (tertiary/aromatic N) is 1. The van der Waals surface area contributed by atoms with E-state index >= 15 is 0 Å². The van der Waals surface area contributed by atoms with Crippen molar-refractivity contribution >= 4 is 22.2 Å². The van der Waals surface area contributed by atoms with E-state index in [2.05, 4.69) is 132 Å². The van der Waals surface area contributed by atoms with Crippen LogP contribution in [-0.2, 0) is 0 Å². The molecule has 0 fully saturated rings. The summed E-state index contributed by atoms with van der Waals surface area (Å²) < 4.78 is 0. The van der Waals surface area contributed by atoms with E-state index in [1.165, 1.54) is 33.0 Å². The molecule has 1 aliphatic rings. The predicted molar refractivity (Wildman–Crippen MR) is 193 cm³/mol. The molecule has 46 heavy (non-hydrogen) atoms. The summed E-state index contributed by atoms with van der Waals surface area (Å²) in [5.41, 5.74) is 16.1. The lowest BCUT2D eigenvalue weighted by atomic mass is 9.92. The Morgan fingerprint density at radius 2 is 1.20 bits per heavy atom. The van der Waals surface area contributed by atoms with Crippen molar-refractivity contribution in [2.45, 2.75) is 19.3 Å². The maximum absolute atomic E-state index is 5.87. The zero-order valence-corrected chi connectivity index (χ0v) is 25.8. The maximum atomic E-state index is 5.87. The quantitative estimate of drug-likeness (QED) is 0.161. The van der Waals surface area contributed by atoms with Crippen molar-refractivity contribution in [2.24, 2.45) is 10.7 Å². The van der Waals surface area contributed by atoms with Crippen LogP contribution in [0.3, 0.4) is 0 Å². The van der Waals surface area contributed by atoms with Crippen molar-refractivity contribution < 1.29 is 0 Å². The molecule has 4 N–H and O–H groups in total. The third-order valence-corrected chi connectivity index (χ3v) is 8.56. The SMILES string of the molecule is C/C=C\C(=C/N)c1ccc(-c2cccc3c(-c4ccc(C5NC(c6ccccc6)=NC(c6ccccc6)N5)cc4)cccc23)cc1. The molecule has 2 atom stereocenters. The minimum absolute atomic E-state index is 0.100. The molecule has 0 aliphatic carbocycles. The highest BCUT2D eigenvalue weighted by Crippen LogP contribution is 2.36. The van der Waals surface area contributed by atoms with E-state index in [1.54, 1.807) is 6.20 Å². The molecule has 6 aromatic rings. The Morgan fingerprint density at radius 3 is 1.78 bits per heavy atom. The van der Waals surface area contributed by atoms with Crippen molar-refractivity contribution in [2.75, 3.05) is 0 Å². The highest BCUT2D eigenvalue weighted by Gasteiger charge is 2.25. The summed E-state index contributed by atoms with van der Waals surface area (Å²) in [6.07, 6.45) is 5.43. The van der Waals surface area contributed by atoms with Crippen LogP contribution in [0.4, 0.5) is 0 Å². The minimum Gasteiger partial charge on any atom is -0.404 e. The Balaban J connectivity index is 1.19. The van der Waals surface area contributed by atoms with E-state index in [9.17, 15) is 0 Å². The lowest BCUT2D eigenvalue weighted by molar-refractivity contribution is 0.409. The number of rotatable bonds is 7. The Labute approximate surface area is 270 Å². The molecule has 0 saturated heterocycles. The maximum Gasteiger partial charge on any atom is 0.131 e. The average molecular weight is 597 g/mol. The number of hydrogen-bond acceptors (Lipinski definition) is 4. The third kappa shape index (κ3) is 5.86. The van der Waals surface area contributed by atoms with Gasteiger partial charge in [0.05, 0.1) is 0 Å². The van der Waals surface area contributed by atoms with Gasteiger partial charge in [0.2, 0.25) is 0 Å². The van der Waals surface area contributed by atoms with Gasteiger partial charge in [0, 0.05) is 11.8 Å². The van der Waals surface area contributed by atoms with Crippen LogP contribution in [0.25, 0.3) is 38.6 Å². The van der Waals surface area contributed by atoms with Gasteiger partial charge in [0.25, 0.3) is 0 Å². The number of amidine groups is 1. The first-order chi connectivity index (χ1) is 22.7. The summed E-state index contributed by atoms with van der Waals surface area (Å²) in [7, 11) is 0. The number of fused-ring (bicyclic) bond motifs is 1. The number of nitrogens with two attached hydrogens (primary N) is 1. The van der Waals surface area contributed by atoms with Gasteiger partial charge in [-0.1, -0.05) is 158 Å². The number of hydrogen-bond donors (Lipinski definition) is 3. The van der Waals surface area contributed by atoms with Crippen molar-refractivity contribution in [3.05, 3.63) is 186 Å². The molecule has 0 amide bonds. The molecular weight excluding hydrogens is 560 g/mol. The fourth-order valence-corrected chi connectivity index (χ4v) is 6.22. The van der Waals surface area contributed by atoms with Crippen LogP contribution < -0.4 is 16.4 Å². The highest BCUT2D eigenvalue weighted by molar-refractivity contribution is 6.04. The zero-order chi connectivity index (χ0) is 31.3. The summed E-state index contributed by atoms with van der Waals surface area (Å²) in [6, 6.07) is 51.4. The predicted octanol–water partition coefficient (Wildman–Crippen LogP) is 9.39. The van der Waals surface area contributed by atoms with E-state index in [4.69, 9.17) is 10.7 Å². The van der Waals surface area contributed by atoms with Crippen LogP contribution in [0.2, 0.25) is 0 Å².